The van der Waals surface area contributed by atoms with Crippen LogP contribution in [0.5, 0.6) is 5.75 Å². The summed E-state index contributed by atoms with van der Waals surface area (Å²) in [6.07, 6.45) is 3.31. The molecule has 4 rings (SSSR count). The number of ether oxygens (including phenoxy) is 3. The summed E-state index contributed by atoms with van der Waals surface area (Å²) in [5.41, 5.74) is 2.61. The molecule has 2 aromatic carbocycles. The Balaban J connectivity index is 1.58. The normalized spacial score (nSPS) is 26.9. The molecule has 2 aliphatic rings. The zero-order chi connectivity index (χ0) is 18.9. The zero-order valence-corrected chi connectivity index (χ0v) is 16.3. The molecule has 5 heteroatoms. The van der Waals surface area contributed by atoms with Gasteiger partial charge in [-0.3, -0.25) is 0 Å². The van der Waals surface area contributed by atoms with Crippen LogP contribution in [0.4, 0.5) is 0 Å². The van der Waals surface area contributed by atoms with Gasteiger partial charge in [0.05, 0.1) is 19.8 Å². The van der Waals surface area contributed by atoms with E-state index in [0.717, 1.165) is 53.1 Å². The van der Waals surface area contributed by atoms with E-state index in [2.05, 4.69) is 18.2 Å². The van der Waals surface area contributed by atoms with Crippen LogP contribution in [-0.2, 0) is 21.7 Å². The molecule has 27 heavy (non-hydrogen) atoms. The predicted octanol–water partition coefficient (Wildman–Crippen LogP) is 4.44. The largest absolute Gasteiger partial charge is 0.494 e. The fourth-order valence-electron chi connectivity index (χ4n) is 4.03. The lowest BCUT2D eigenvalue weighted by atomic mass is 9.90. The van der Waals surface area contributed by atoms with Crippen molar-refractivity contribution < 1.29 is 19.3 Å². The molecule has 2 bridgehead atoms. The van der Waals surface area contributed by atoms with Crippen molar-refractivity contribution in [1.29, 1.82) is 0 Å². The highest BCUT2D eigenvalue weighted by Gasteiger charge is 2.54. The minimum absolute atomic E-state index is 0.0125. The summed E-state index contributed by atoms with van der Waals surface area (Å²) in [5.74, 6) is 0.106. The van der Waals surface area contributed by atoms with Gasteiger partial charge in [0.25, 0.3) is 0 Å². The van der Waals surface area contributed by atoms with E-state index in [0.29, 0.717) is 13.2 Å². The molecule has 2 heterocycles. The third-order valence-corrected chi connectivity index (χ3v) is 5.86. The number of hydrogen-bond donors (Lipinski definition) is 1. The third-order valence-electron chi connectivity index (χ3n) is 5.49. The second-order valence-corrected chi connectivity index (χ2v) is 7.81. The number of rotatable bonds is 6. The Kier molecular flexibility index (Phi) is 5.17. The van der Waals surface area contributed by atoms with E-state index >= 15 is 0 Å². The molecule has 2 saturated heterocycles. The molecular weight excluding hydrogens is 364 g/mol. The quantitative estimate of drug-likeness (QED) is 0.794. The zero-order valence-electron chi connectivity index (χ0n) is 15.5. The van der Waals surface area contributed by atoms with Gasteiger partial charge in [0.2, 0.25) is 0 Å². The van der Waals surface area contributed by atoms with Crippen LogP contribution < -0.4 is 4.74 Å². The van der Waals surface area contributed by atoms with Gasteiger partial charge in [-0.1, -0.05) is 29.8 Å². The van der Waals surface area contributed by atoms with E-state index in [1.54, 1.807) is 0 Å². The minimum atomic E-state index is -0.765. The van der Waals surface area contributed by atoms with Gasteiger partial charge in [-0.15, -0.1) is 0 Å². The lowest BCUT2D eigenvalue weighted by Crippen LogP contribution is -2.42. The van der Waals surface area contributed by atoms with Gasteiger partial charge in [-0.2, -0.15) is 0 Å². The predicted molar refractivity (Wildman–Crippen MR) is 104 cm³/mol. The van der Waals surface area contributed by atoms with Gasteiger partial charge >= 0.3 is 0 Å². The fourth-order valence-corrected chi connectivity index (χ4v) is 4.21. The first-order chi connectivity index (χ1) is 13.1. The Morgan fingerprint density at radius 2 is 1.96 bits per heavy atom. The van der Waals surface area contributed by atoms with Crippen LogP contribution in [0.25, 0.3) is 0 Å². The molecule has 0 amide bonds. The highest BCUT2D eigenvalue weighted by atomic mass is 35.5. The number of aliphatic hydroxyl groups excluding tert-OH is 1. The average Bonchev–Trinajstić information content (AvgIpc) is 2.97. The molecule has 0 aromatic heterocycles. The van der Waals surface area contributed by atoms with Crippen molar-refractivity contribution in [2.45, 2.75) is 44.0 Å². The van der Waals surface area contributed by atoms with Crippen molar-refractivity contribution in [2.24, 2.45) is 0 Å². The molecule has 144 valence electrons. The van der Waals surface area contributed by atoms with Crippen LogP contribution in [0.3, 0.4) is 0 Å². The van der Waals surface area contributed by atoms with Gasteiger partial charge in [0, 0.05) is 17.0 Å². The molecule has 4 nitrogen and oxygen atoms in total. The van der Waals surface area contributed by atoms with Crippen molar-refractivity contribution in [3.63, 3.8) is 0 Å². The molecule has 2 aliphatic heterocycles. The van der Waals surface area contributed by atoms with Crippen molar-refractivity contribution in [1.82, 2.24) is 0 Å². The Morgan fingerprint density at radius 1 is 1.15 bits per heavy atom. The van der Waals surface area contributed by atoms with E-state index in [1.165, 1.54) is 0 Å². The maximum atomic E-state index is 9.75. The van der Waals surface area contributed by atoms with Gasteiger partial charge in [-0.05, 0) is 61.6 Å². The average molecular weight is 389 g/mol. The molecule has 0 aliphatic carbocycles. The molecule has 2 fully saturated rings. The van der Waals surface area contributed by atoms with Crippen molar-refractivity contribution in [3.05, 3.63) is 64.2 Å². The summed E-state index contributed by atoms with van der Waals surface area (Å²) < 4.78 is 17.9. The second-order valence-electron chi connectivity index (χ2n) is 7.40. The number of hydrogen-bond acceptors (Lipinski definition) is 4. The monoisotopic (exact) mass is 388 g/mol. The van der Waals surface area contributed by atoms with Crippen molar-refractivity contribution in [2.75, 3.05) is 19.8 Å². The molecule has 0 saturated carbocycles. The lowest BCUT2D eigenvalue weighted by Gasteiger charge is -2.37. The van der Waals surface area contributed by atoms with Gasteiger partial charge in [-0.25, -0.2) is 0 Å². The van der Waals surface area contributed by atoms with E-state index in [-0.39, 0.29) is 6.61 Å². The Hall–Kier alpha value is -1.59. The Morgan fingerprint density at radius 3 is 2.70 bits per heavy atom. The first kappa shape index (κ1) is 18.8. The molecule has 2 aromatic rings. The third kappa shape index (κ3) is 3.59. The summed E-state index contributed by atoms with van der Waals surface area (Å²) in [6.45, 7) is 3.05. The van der Waals surface area contributed by atoms with Crippen LogP contribution in [-0.4, -0.2) is 30.5 Å². The Bertz CT molecular complexity index is 806. The highest BCUT2D eigenvalue weighted by Crippen LogP contribution is 2.49. The van der Waals surface area contributed by atoms with Crippen LogP contribution in [0.15, 0.2) is 42.5 Å². The Labute approximate surface area is 165 Å². The summed E-state index contributed by atoms with van der Waals surface area (Å²) in [4.78, 5) is 0. The molecule has 2 atom stereocenters. The molecular formula is C22H25ClO4. The second kappa shape index (κ2) is 7.44. The van der Waals surface area contributed by atoms with Crippen LogP contribution >= 0.6 is 11.6 Å². The summed E-state index contributed by atoms with van der Waals surface area (Å²) in [6, 6.07) is 14.1. The maximum Gasteiger partial charge on any atom is 0.195 e. The number of fused-ring (bicyclic) bond motifs is 2. The topological polar surface area (TPSA) is 47.9 Å². The standard InChI is InChI=1S/C22H25ClO4/c1-2-25-19-7-4-16(5-8-19)12-17-13-18(6-9-20(17)23)22-11-3-10-21(14-24,27-22)15-26-22/h4-9,13,24H,2-3,10-12,14-15H2,1H3/t21-,22+/m0/s1. The number of benzene rings is 2. The smallest absolute Gasteiger partial charge is 0.195 e. The van der Waals surface area contributed by atoms with Crippen LogP contribution in [0, 0.1) is 0 Å². The van der Waals surface area contributed by atoms with Crippen LogP contribution in [0.1, 0.15) is 42.9 Å². The summed E-state index contributed by atoms with van der Waals surface area (Å²) >= 11 is 6.47. The van der Waals surface area contributed by atoms with Crippen LogP contribution in [0.2, 0.25) is 5.02 Å². The minimum Gasteiger partial charge on any atom is -0.494 e. The van der Waals surface area contributed by atoms with E-state index in [4.69, 9.17) is 25.8 Å². The fraction of sp³-hybridized carbons (Fsp3) is 0.455. The maximum absolute atomic E-state index is 9.75. The SMILES string of the molecule is CCOc1ccc(Cc2cc([C@]34CCC[C@](CO)(CO3)O4)ccc2Cl)cc1. The number of aliphatic hydroxyl groups is 1. The van der Waals surface area contributed by atoms with E-state index in [9.17, 15) is 5.11 Å². The molecule has 0 unspecified atom stereocenters. The van der Waals surface area contributed by atoms with Gasteiger partial charge < -0.3 is 19.3 Å². The number of halogens is 1. The highest BCUT2D eigenvalue weighted by molar-refractivity contribution is 6.31. The van der Waals surface area contributed by atoms with Crippen molar-refractivity contribution >= 4 is 11.6 Å². The molecule has 1 N–H and O–H groups in total. The van der Waals surface area contributed by atoms with Crippen molar-refractivity contribution in [3.8, 4) is 5.75 Å². The van der Waals surface area contributed by atoms with E-state index < -0.39 is 11.4 Å². The van der Waals surface area contributed by atoms with Gasteiger partial charge in [0.15, 0.2) is 5.79 Å². The van der Waals surface area contributed by atoms with E-state index in [1.807, 2.05) is 31.2 Å². The lowest BCUT2D eigenvalue weighted by molar-refractivity contribution is -0.227. The first-order valence-electron chi connectivity index (χ1n) is 9.54. The molecule has 0 spiro atoms. The summed E-state index contributed by atoms with van der Waals surface area (Å²) in [7, 11) is 0. The first-order valence-corrected chi connectivity index (χ1v) is 9.91. The summed E-state index contributed by atoms with van der Waals surface area (Å²) in [5, 5.41) is 10.5. The van der Waals surface area contributed by atoms with Gasteiger partial charge in [0.1, 0.15) is 11.4 Å². The molecule has 0 radical (unpaired) electrons.